The normalized spacial score (nSPS) is 11.9. The molecule has 2 N–H and O–H groups in total. The van der Waals surface area contributed by atoms with E-state index in [1.165, 1.54) is 12.3 Å². The number of carbonyl (C=O) groups excluding carboxylic acids is 2. The third kappa shape index (κ3) is 6.13. The van der Waals surface area contributed by atoms with E-state index in [4.69, 9.17) is 4.42 Å². The molecule has 0 bridgehead atoms. The van der Waals surface area contributed by atoms with E-state index in [0.717, 1.165) is 18.4 Å². The third-order valence-electron chi connectivity index (χ3n) is 4.15. The lowest BCUT2D eigenvalue weighted by atomic mass is 9.87. The van der Waals surface area contributed by atoms with E-state index in [1.807, 2.05) is 12.1 Å². The largest absolute Gasteiger partial charge is 0.465 e. The molecule has 0 saturated heterocycles. The SMILES string of the molecule is CCCCNC(=O)/C(=C/c1ccco1)NC(=O)c1ccc(C(C)(C)C)cc1. The Morgan fingerprint density at radius 3 is 2.37 bits per heavy atom. The summed E-state index contributed by atoms with van der Waals surface area (Å²) >= 11 is 0. The van der Waals surface area contributed by atoms with Gasteiger partial charge in [-0.25, -0.2) is 0 Å². The molecule has 0 fully saturated rings. The quantitative estimate of drug-likeness (QED) is 0.566. The topological polar surface area (TPSA) is 71.3 Å². The van der Waals surface area contributed by atoms with E-state index in [1.54, 1.807) is 24.3 Å². The molecule has 0 spiro atoms. The van der Waals surface area contributed by atoms with E-state index in [-0.39, 0.29) is 22.9 Å². The molecule has 27 heavy (non-hydrogen) atoms. The fourth-order valence-corrected chi connectivity index (χ4v) is 2.46. The van der Waals surface area contributed by atoms with Crippen molar-refractivity contribution in [2.75, 3.05) is 6.54 Å². The second kappa shape index (κ2) is 9.21. The molecular weight excluding hydrogens is 340 g/mol. The van der Waals surface area contributed by atoms with Gasteiger partial charge < -0.3 is 15.1 Å². The maximum atomic E-state index is 12.6. The van der Waals surface area contributed by atoms with Crippen LogP contribution in [0.5, 0.6) is 0 Å². The van der Waals surface area contributed by atoms with E-state index in [2.05, 4.69) is 38.3 Å². The second-order valence-corrected chi connectivity index (χ2v) is 7.46. The first kappa shape index (κ1) is 20.5. The number of hydrogen-bond donors (Lipinski definition) is 2. The average molecular weight is 368 g/mol. The van der Waals surface area contributed by atoms with E-state index in [0.29, 0.717) is 17.9 Å². The van der Waals surface area contributed by atoms with Crippen molar-refractivity contribution < 1.29 is 14.0 Å². The number of benzene rings is 1. The van der Waals surface area contributed by atoms with Gasteiger partial charge in [-0.3, -0.25) is 9.59 Å². The van der Waals surface area contributed by atoms with E-state index >= 15 is 0 Å². The molecule has 0 aliphatic heterocycles. The Kier molecular flexibility index (Phi) is 6.99. The predicted molar refractivity (Wildman–Crippen MR) is 107 cm³/mol. The molecule has 0 atom stereocenters. The Bertz CT molecular complexity index is 782. The summed E-state index contributed by atoms with van der Waals surface area (Å²) in [6.45, 7) is 8.96. The molecule has 5 nitrogen and oxygen atoms in total. The average Bonchev–Trinajstić information content (AvgIpc) is 3.13. The highest BCUT2D eigenvalue weighted by atomic mass is 16.3. The number of nitrogens with one attached hydrogen (secondary N) is 2. The highest BCUT2D eigenvalue weighted by molar-refractivity contribution is 6.05. The molecule has 0 saturated carbocycles. The first-order valence-electron chi connectivity index (χ1n) is 9.26. The number of rotatable bonds is 7. The van der Waals surface area contributed by atoms with Crippen LogP contribution in [-0.2, 0) is 10.2 Å². The molecule has 144 valence electrons. The van der Waals surface area contributed by atoms with Gasteiger partial charge in [0.1, 0.15) is 11.5 Å². The third-order valence-corrected chi connectivity index (χ3v) is 4.15. The van der Waals surface area contributed by atoms with Crippen LogP contribution in [0.3, 0.4) is 0 Å². The molecule has 2 amide bonds. The van der Waals surface area contributed by atoms with Gasteiger partial charge in [-0.15, -0.1) is 0 Å². The first-order chi connectivity index (χ1) is 12.8. The van der Waals surface area contributed by atoms with Crippen LogP contribution in [0, 0.1) is 0 Å². The van der Waals surface area contributed by atoms with Crippen LogP contribution < -0.4 is 10.6 Å². The Hall–Kier alpha value is -2.82. The molecule has 1 aromatic carbocycles. The van der Waals surface area contributed by atoms with Crippen LogP contribution in [-0.4, -0.2) is 18.4 Å². The maximum absolute atomic E-state index is 12.6. The van der Waals surface area contributed by atoms with Gasteiger partial charge in [-0.1, -0.05) is 46.2 Å². The number of amides is 2. The van der Waals surface area contributed by atoms with Crippen molar-refractivity contribution in [2.45, 2.75) is 46.0 Å². The molecule has 0 aliphatic rings. The minimum absolute atomic E-state index is 0.0124. The molecule has 2 rings (SSSR count). The number of unbranched alkanes of at least 4 members (excludes halogenated alkanes) is 1. The number of carbonyl (C=O) groups is 2. The zero-order chi connectivity index (χ0) is 19.9. The highest BCUT2D eigenvalue weighted by Crippen LogP contribution is 2.22. The van der Waals surface area contributed by atoms with Crippen LogP contribution >= 0.6 is 0 Å². The van der Waals surface area contributed by atoms with Crippen LogP contribution in [0.2, 0.25) is 0 Å². The fourth-order valence-electron chi connectivity index (χ4n) is 2.46. The van der Waals surface area contributed by atoms with Gasteiger partial charge in [0.25, 0.3) is 11.8 Å². The molecule has 0 aliphatic carbocycles. The van der Waals surface area contributed by atoms with Crippen molar-refractivity contribution in [1.29, 1.82) is 0 Å². The summed E-state index contributed by atoms with van der Waals surface area (Å²) < 4.78 is 5.27. The van der Waals surface area contributed by atoms with Gasteiger partial charge >= 0.3 is 0 Å². The summed E-state index contributed by atoms with van der Waals surface area (Å²) in [7, 11) is 0. The lowest BCUT2D eigenvalue weighted by Crippen LogP contribution is -2.35. The first-order valence-corrected chi connectivity index (χ1v) is 9.26. The number of furan rings is 1. The summed E-state index contributed by atoms with van der Waals surface area (Å²) in [5.41, 5.74) is 1.81. The van der Waals surface area contributed by atoms with Crippen LogP contribution in [0.4, 0.5) is 0 Å². The number of hydrogen-bond acceptors (Lipinski definition) is 3. The van der Waals surface area contributed by atoms with Crippen LogP contribution in [0.15, 0.2) is 52.8 Å². The van der Waals surface area contributed by atoms with E-state index in [9.17, 15) is 9.59 Å². The van der Waals surface area contributed by atoms with Gasteiger partial charge in [0.2, 0.25) is 0 Å². The zero-order valence-corrected chi connectivity index (χ0v) is 16.5. The molecule has 0 radical (unpaired) electrons. The molecular formula is C22H28N2O3. The van der Waals surface area contributed by atoms with Crippen molar-refractivity contribution in [1.82, 2.24) is 10.6 Å². The fraction of sp³-hybridized carbons (Fsp3) is 0.364. The smallest absolute Gasteiger partial charge is 0.267 e. The van der Waals surface area contributed by atoms with Crippen molar-refractivity contribution in [3.63, 3.8) is 0 Å². The van der Waals surface area contributed by atoms with Gasteiger partial charge in [0.05, 0.1) is 6.26 Å². The lowest BCUT2D eigenvalue weighted by Gasteiger charge is -2.19. The molecule has 1 heterocycles. The van der Waals surface area contributed by atoms with Gasteiger partial charge in [0.15, 0.2) is 0 Å². The highest BCUT2D eigenvalue weighted by Gasteiger charge is 2.17. The minimum atomic E-state index is -0.334. The molecule has 0 unspecified atom stereocenters. The van der Waals surface area contributed by atoms with Gasteiger partial charge in [-0.2, -0.15) is 0 Å². The zero-order valence-electron chi connectivity index (χ0n) is 16.5. The summed E-state index contributed by atoms with van der Waals surface area (Å²) in [5.74, 6) is -0.169. The molecule has 1 aromatic heterocycles. The summed E-state index contributed by atoms with van der Waals surface area (Å²) in [6, 6.07) is 10.9. The summed E-state index contributed by atoms with van der Waals surface area (Å²) in [6.07, 6.45) is 4.90. The van der Waals surface area contributed by atoms with Crippen molar-refractivity contribution in [2.24, 2.45) is 0 Å². The van der Waals surface area contributed by atoms with Crippen LogP contribution in [0.25, 0.3) is 6.08 Å². The molecule has 2 aromatic rings. The van der Waals surface area contributed by atoms with Crippen LogP contribution in [0.1, 0.15) is 62.2 Å². The lowest BCUT2D eigenvalue weighted by molar-refractivity contribution is -0.117. The minimum Gasteiger partial charge on any atom is -0.465 e. The van der Waals surface area contributed by atoms with Crippen molar-refractivity contribution in [3.8, 4) is 0 Å². The van der Waals surface area contributed by atoms with E-state index < -0.39 is 0 Å². The Labute approximate surface area is 160 Å². The maximum Gasteiger partial charge on any atom is 0.267 e. The van der Waals surface area contributed by atoms with Crippen molar-refractivity contribution in [3.05, 3.63) is 65.2 Å². The Morgan fingerprint density at radius 1 is 1.11 bits per heavy atom. The molecule has 5 heteroatoms. The van der Waals surface area contributed by atoms with Gasteiger partial charge in [-0.05, 0) is 41.7 Å². The summed E-state index contributed by atoms with van der Waals surface area (Å²) in [4.78, 5) is 25.1. The Balaban J connectivity index is 2.16. The predicted octanol–water partition coefficient (Wildman–Crippen LogP) is 4.26. The summed E-state index contributed by atoms with van der Waals surface area (Å²) in [5, 5.41) is 5.52. The standard InChI is InChI=1S/C22H28N2O3/c1-5-6-13-23-21(26)19(15-18-8-7-14-27-18)24-20(25)16-9-11-17(12-10-16)22(2,3)4/h7-12,14-15H,5-6,13H2,1-4H3,(H,23,26)(H,24,25)/b19-15-. The second-order valence-electron chi connectivity index (χ2n) is 7.46. The Morgan fingerprint density at radius 2 is 1.81 bits per heavy atom. The van der Waals surface area contributed by atoms with Crippen molar-refractivity contribution >= 4 is 17.9 Å². The van der Waals surface area contributed by atoms with Gasteiger partial charge in [0, 0.05) is 18.2 Å². The monoisotopic (exact) mass is 368 g/mol.